The molecule has 3 rings (SSSR count). The van der Waals surface area contributed by atoms with Crippen molar-refractivity contribution in [1.82, 2.24) is 14.6 Å². The van der Waals surface area contributed by atoms with Gasteiger partial charge in [-0.15, -0.1) is 0 Å². The predicted octanol–water partition coefficient (Wildman–Crippen LogP) is 3.36. The molecule has 0 radical (unpaired) electrons. The van der Waals surface area contributed by atoms with E-state index in [1.807, 2.05) is 24.3 Å². The first-order chi connectivity index (χ1) is 8.24. The van der Waals surface area contributed by atoms with E-state index in [-0.39, 0.29) is 0 Å². The van der Waals surface area contributed by atoms with Crippen LogP contribution >= 0.6 is 11.6 Å². The van der Waals surface area contributed by atoms with Crippen LogP contribution in [0.5, 0.6) is 0 Å². The van der Waals surface area contributed by atoms with Crippen molar-refractivity contribution in [3.63, 3.8) is 0 Å². The van der Waals surface area contributed by atoms with Crippen LogP contribution in [0.4, 0.5) is 0 Å². The number of aryl methyl sites for hydroxylation is 1. The van der Waals surface area contributed by atoms with Crippen molar-refractivity contribution >= 4 is 17.2 Å². The molecule has 2 heterocycles. The average molecular weight is 244 g/mol. The molecule has 0 aliphatic rings. The Morgan fingerprint density at radius 3 is 2.65 bits per heavy atom. The zero-order valence-corrected chi connectivity index (χ0v) is 10.0. The molecule has 0 N–H and O–H groups in total. The fourth-order valence-corrected chi connectivity index (χ4v) is 1.98. The highest BCUT2D eigenvalue weighted by Crippen LogP contribution is 2.22. The fraction of sp³-hybridized carbons (Fsp3) is 0.0769. The second kappa shape index (κ2) is 3.86. The number of hydrogen-bond acceptors (Lipinski definition) is 2. The predicted molar refractivity (Wildman–Crippen MR) is 68.2 cm³/mol. The summed E-state index contributed by atoms with van der Waals surface area (Å²) in [5.41, 5.74) is 3.91. The van der Waals surface area contributed by atoms with E-state index in [4.69, 9.17) is 11.6 Å². The van der Waals surface area contributed by atoms with Gasteiger partial charge in [0.2, 0.25) is 0 Å². The van der Waals surface area contributed by atoms with Gasteiger partial charge in [-0.25, -0.2) is 9.50 Å². The molecule has 0 aliphatic heterocycles. The Morgan fingerprint density at radius 1 is 1.12 bits per heavy atom. The van der Waals surface area contributed by atoms with Crippen LogP contribution in [0.15, 0.2) is 42.6 Å². The summed E-state index contributed by atoms with van der Waals surface area (Å²) in [7, 11) is 0. The Bertz CT molecular complexity index is 671. The first-order valence-corrected chi connectivity index (χ1v) is 5.69. The molecule has 17 heavy (non-hydrogen) atoms. The van der Waals surface area contributed by atoms with Crippen molar-refractivity contribution in [2.45, 2.75) is 6.92 Å². The quantitative estimate of drug-likeness (QED) is 0.614. The second-order valence-corrected chi connectivity index (χ2v) is 4.32. The highest BCUT2D eigenvalue weighted by atomic mass is 35.5. The van der Waals surface area contributed by atoms with Crippen molar-refractivity contribution in [2.75, 3.05) is 0 Å². The summed E-state index contributed by atoms with van der Waals surface area (Å²) in [5.74, 6) is 0. The molecule has 2 aromatic heterocycles. The maximum Gasteiger partial charge on any atom is 0.157 e. The lowest BCUT2D eigenvalue weighted by molar-refractivity contribution is 0.942. The minimum atomic E-state index is 0.565. The molecule has 3 aromatic rings. The molecule has 0 aliphatic carbocycles. The van der Waals surface area contributed by atoms with E-state index in [9.17, 15) is 0 Å². The van der Waals surface area contributed by atoms with E-state index in [1.165, 1.54) is 5.56 Å². The lowest BCUT2D eigenvalue weighted by Crippen LogP contribution is -1.94. The van der Waals surface area contributed by atoms with Crippen LogP contribution in [-0.2, 0) is 0 Å². The third-order valence-corrected chi connectivity index (χ3v) is 2.93. The van der Waals surface area contributed by atoms with Crippen LogP contribution in [-0.4, -0.2) is 14.6 Å². The number of nitrogens with zero attached hydrogens (tertiary/aromatic N) is 3. The van der Waals surface area contributed by atoms with Gasteiger partial charge in [0.1, 0.15) is 5.15 Å². The number of rotatable bonds is 1. The minimum Gasteiger partial charge on any atom is -0.228 e. The zero-order chi connectivity index (χ0) is 11.8. The Hall–Kier alpha value is -1.87. The molecule has 0 bridgehead atoms. The third-order valence-electron chi connectivity index (χ3n) is 2.66. The van der Waals surface area contributed by atoms with E-state index >= 15 is 0 Å². The molecule has 4 heteroatoms. The monoisotopic (exact) mass is 243 g/mol. The van der Waals surface area contributed by atoms with Gasteiger partial charge in [-0.2, -0.15) is 5.10 Å². The van der Waals surface area contributed by atoms with Gasteiger partial charge in [0, 0.05) is 17.7 Å². The van der Waals surface area contributed by atoms with E-state index in [0.29, 0.717) is 5.15 Å². The smallest absolute Gasteiger partial charge is 0.157 e. The molecule has 1 aromatic carbocycles. The Kier molecular flexibility index (Phi) is 2.34. The Morgan fingerprint density at radius 2 is 1.88 bits per heavy atom. The third kappa shape index (κ3) is 1.78. The first kappa shape index (κ1) is 10.3. The number of benzene rings is 1. The number of halogens is 1. The molecule has 84 valence electrons. The van der Waals surface area contributed by atoms with Crippen LogP contribution in [0.3, 0.4) is 0 Å². The van der Waals surface area contributed by atoms with Gasteiger partial charge in [0.25, 0.3) is 0 Å². The largest absolute Gasteiger partial charge is 0.228 e. The van der Waals surface area contributed by atoms with Gasteiger partial charge in [-0.05, 0) is 6.92 Å². The molecular weight excluding hydrogens is 234 g/mol. The summed E-state index contributed by atoms with van der Waals surface area (Å²) in [4.78, 5) is 4.51. The van der Waals surface area contributed by atoms with Crippen LogP contribution in [0.2, 0.25) is 5.15 Å². The topological polar surface area (TPSA) is 30.2 Å². The molecule has 0 amide bonds. The molecule has 0 spiro atoms. The average Bonchev–Trinajstić information content (AvgIpc) is 2.78. The second-order valence-electron chi connectivity index (χ2n) is 3.93. The minimum absolute atomic E-state index is 0.565. The maximum atomic E-state index is 6.15. The van der Waals surface area contributed by atoms with Crippen molar-refractivity contribution in [3.8, 4) is 11.3 Å². The SMILES string of the molecule is Cc1ccc(-c2cc(Cl)n3nccc3n2)cc1. The summed E-state index contributed by atoms with van der Waals surface area (Å²) in [5, 5.41) is 4.65. The zero-order valence-electron chi connectivity index (χ0n) is 9.26. The van der Waals surface area contributed by atoms with E-state index < -0.39 is 0 Å². The van der Waals surface area contributed by atoms with E-state index in [1.54, 1.807) is 10.7 Å². The summed E-state index contributed by atoms with van der Waals surface area (Å²) in [6.07, 6.45) is 1.69. The van der Waals surface area contributed by atoms with E-state index in [0.717, 1.165) is 16.9 Å². The van der Waals surface area contributed by atoms with Gasteiger partial charge >= 0.3 is 0 Å². The first-order valence-electron chi connectivity index (χ1n) is 5.31. The summed E-state index contributed by atoms with van der Waals surface area (Å²) in [6, 6.07) is 11.9. The Labute approximate surface area is 104 Å². The fourth-order valence-electron chi connectivity index (χ4n) is 1.75. The maximum absolute atomic E-state index is 6.15. The van der Waals surface area contributed by atoms with Crippen molar-refractivity contribution in [3.05, 3.63) is 53.3 Å². The number of fused-ring (bicyclic) bond motifs is 1. The van der Waals surface area contributed by atoms with Gasteiger partial charge in [0.15, 0.2) is 5.65 Å². The van der Waals surface area contributed by atoms with Crippen LogP contribution in [0.1, 0.15) is 5.56 Å². The van der Waals surface area contributed by atoms with Crippen LogP contribution in [0, 0.1) is 6.92 Å². The molecule has 0 saturated heterocycles. The molecule has 0 fully saturated rings. The Balaban J connectivity index is 2.20. The van der Waals surface area contributed by atoms with Crippen LogP contribution < -0.4 is 0 Å². The van der Waals surface area contributed by atoms with Crippen molar-refractivity contribution in [2.24, 2.45) is 0 Å². The molecular formula is C13H10ClN3. The standard InChI is InChI=1S/C13H10ClN3/c1-9-2-4-10(5-3-9)11-8-12(14)17-13(16-11)6-7-15-17/h2-8H,1H3. The summed E-state index contributed by atoms with van der Waals surface area (Å²) in [6.45, 7) is 2.06. The number of hydrogen-bond donors (Lipinski definition) is 0. The normalized spacial score (nSPS) is 10.9. The molecule has 0 atom stereocenters. The van der Waals surface area contributed by atoms with Gasteiger partial charge in [0.05, 0.1) is 11.9 Å². The molecule has 0 saturated carbocycles. The summed E-state index contributed by atoms with van der Waals surface area (Å²) >= 11 is 6.15. The number of aromatic nitrogens is 3. The molecule has 0 unspecified atom stereocenters. The van der Waals surface area contributed by atoms with E-state index in [2.05, 4.69) is 29.1 Å². The van der Waals surface area contributed by atoms with Crippen LogP contribution in [0.25, 0.3) is 16.9 Å². The molecule has 3 nitrogen and oxygen atoms in total. The summed E-state index contributed by atoms with van der Waals surface area (Å²) < 4.78 is 1.61. The lowest BCUT2D eigenvalue weighted by Gasteiger charge is -2.04. The highest BCUT2D eigenvalue weighted by molar-refractivity contribution is 6.30. The van der Waals surface area contributed by atoms with Gasteiger partial charge in [-0.3, -0.25) is 0 Å². The van der Waals surface area contributed by atoms with Crippen molar-refractivity contribution in [1.29, 1.82) is 0 Å². The highest BCUT2D eigenvalue weighted by Gasteiger charge is 2.05. The lowest BCUT2D eigenvalue weighted by atomic mass is 10.1. The van der Waals surface area contributed by atoms with Gasteiger partial charge in [-0.1, -0.05) is 41.4 Å². The van der Waals surface area contributed by atoms with Crippen molar-refractivity contribution < 1.29 is 0 Å². The van der Waals surface area contributed by atoms with Gasteiger partial charge < -0.3 is 0 Å².